The number of likely N-dealkylation sites (N-methyl/N-ethyl adjacent to an activating group) is 1. The molecule has 0 aliphatic heterocycles. The molecule has 2 aromatic carbocycles. The zero-order chi connectivity index (χ0) is 22.5. The first kappa shape index (κ1) is 22.1. The summed E-state index contributed by atoms with van der Waals surface area (Å²) in [5.74, 6) is -0.751. The van der Waals surface area contributed by atoms with E-state index in [1.807, 2.05) is 6.92 Å². The number of ether oxygens (including phenoxy) is 1. The predicted molar refractivity (Wildman–Crippen MR) is 119 cm³/mol. The average molecular weight is 423 g/mol. The number of rotatable bonds is 8. The van der Waals surface area contributed by atoms with Gasteiger partial charge in [0, 0.05) is 11.8 Å². The number of aryl methyl sites for hydroxylation is 1. The largest absolute Gasteiger partial charge is 0.497 e. The zero-order valence-electron chi connectivity index (χ0n) is 17.6. The van der Waals surface area contributed by atoms with Crippen LogP contribution >= 0.6 is 0 Å². The van der Waals surface area contributed by atoms with E-state index < -0.39 is 11.6 Å². The van der Waals surface area contributed by atoms with Gasteiger partial charge in [0.15, 0.2) is 5.78 Å². The van der Waals surface area contributed by atoms with Gasteiger partial charge in [-0.3, -0.25) is 4.79 Å². The Morgan fingerprint density at radius 1 is 1.26 bits per heavy atom. The third-order valence-corrected chi connectivity index (χ3v) is 4.80. The standard InChI is InChI=1S/C24H23F2N3O2/c1-5-29-24(20(26)13-17-8-11-19(31-4)12-15(17)2)22(21(30)14-27-3)23(28-29)16-6-9-18(25)10-7-16/h5-13,27H,1,14H2,2-4H3/b20-13-. The lowest BCUT2D eigenvalue weighted by Crippen LogP contribution is -2.20. The third kappa shape index (κ3) is 4.62. The number of methoxy groups -OCH3 is 1. The van der Waals surface area contributed by atoms with Gasteiger partial charge >= 0.3 is 0 Å². The number of ketones is 1. The quantitative estimate of drug-likeness (QED) is 0.520. The minimum absolute atomic E-state index is 0.00945. The first-order chi connectivity index (χ1) is 14.9. The van der Waals surface area contributed by atoms with E-state index in [1.54, 1.807) is 32.4 Å². The van der Waals surface area contributed by atoms with Crippen LogP contribution in [-0.2, 0) is 0 Å². The first-order valence-corrected chi connectivity index (χ1v) is 9.60. The number of hydrogen-bond donors (Lipinski definition) is 1. The molecule has 5 nitrogen and oxygen atoms in total. The second-order valence-corrected chi connectivity index (χ2v) is 6.87. The van der Waals surface area contributed by atoms with Crippen LogP contribution in [0.3, 0.4) is 0 Å². The van der Waals surface area contributed by atoms with Crippen molar-refractivity contribution in [2.45, 2.75) is 6.92 Å². The number of Topliss-reactive ketones (excluding diaryl/α,β-unsaturated/α-hetero) is 1. The molecule has 0 spiro atoms. The highest BCUT2D eigenvalue weighted by molar-refractivity contribution is 6.07. The molecule has 0 aliphatic carbocycles. The summed E-state index contributed by atoms with van der Waals surface area (Å²) in [6.07, 6.45) is 2.67. The lowest BCUT2D eigenvalue weighted by molar-refractivity contribution is 0.0993. The van der Waals surface area contributed by atoms with Crippen LogP contribution in [0.4, 0.5) is 8.78 Å². The van der Waals surface area contributed by atoms with Crippen molar-refractivity contribution in [1.29, 1.82) is 0 Å². The maximum Gasteiger partial charge on any atom is 0.181 e. The molecule has 0 saturated carbocycles. The molecule has 0 atom stereocenters. The van der Waals surface area contributed by atoms with Gasteiger partial charge in [-0.2, -0.15) is 5.10 Å². The fourth-order valence-electron chi connectivity index (χ4n) is 3.26. The molecule has 3 aromatic rings. The van der Waals surface area contributed by atoms with E-state index >= 15 is 4.39 Å². The van der Waals surface area contributed by atoms with Gasteiger partial charge in [0.1, 0.15) is 28.8 Å². The molecule has 31 heavy (non-hydrogen) atoms. The highest BCUT2D eigenvalue weighted by Gasteiger charge is 2.26. The van der Waals surface area contributed by atoms with Crippen LogP contribution in [-0.4, -0.2) is 36.3 Å². The Bertz CT molecular complexity index is 1150. The highest BCUT2D eigenvalue weighted by Crippen LogP contribution is 2.33. The summed E-state index contributed by atoms with van der Waals surface area (Å²) in [5.41, 5.74) is 2.28. The van der Waals surface area contributed by atoms with Crippen LogP contribution in [0.25, 0.3) is 29.4 Å². The van der Waals surface area contributed by atoms with Crippen molar-refractivity contribution in [3.8, 4) is 17.0 Å². The molecule has 0 unspecified atom stereocenters. The summed E-state index contributed by atoms with van der Waals surface area (Å²) in [5, 5.41) is 7.16. The van der Waals surface area contributed by atoms with Gasteiger partial charge in [0.2, 0.25) is 0 Å². The van der Waals surface area contributed by atoms with Crippen LogP contribution in [0.5, 0.6) is 5.75 Å². The first-order valence-electron chi connectivity index (χ1n) is 9.60. The van der Waals surface area contributed by atoms with Crippen LogP contribution in [0, 0.1) is 12.7 Å². The molecule has 0 aliphatic rings. The Kier molecular flexibility index (Phi) is 6.77. The molecule has 0 bridgehead atoms. The van der Waals surface area contributed by atoms with Crippen LogP contribution in [0.2, 0.25) is 0 Å². The Balaban J connectivity index is 2.21. The summed E-state index contributed by atoms with van der Waals surface area (Å²) in [7, 11) is 3.18. The SMILES string of the molecule is C=Cn1nc(-c2ccc(F)cc2)c(C(=O)CNC)c1/C(F)=C/c1ccc(OC)cc1C. The molecule has 1 heterocycles. The number of benzene rings is 2. The number of aromatic nitrogens is 2. The van der Waals surface area contributed by atoms with Gasteiger partial charge in [-0.25, -0.2) is 13.5 Å². The Hall–Kier alpha value is -3.58. The fourth-order valence-corrected chi connectivity index (χ4v) is 3.26. The van der Waals surface area contributed by atoms with E-state index in [-0.39, 0.29) is 29.3 Å². The van der Waals surface area contributed by atoms with Crippen molar-refractivity contribution in [2.75, 3.05) is 20.7 Å². The van der Waals surface area contributed by atoms with Crippen molar-refractivity contribution >= 4 is 23.9 Å². The van der Waals surface area contributed by atoms with E-state index in [0.717, 1.165) is 5.56 Å². The van der Waals surface area contributed by atoms with Crippen molar-refractivity contribution in [1.82, 2.24) is 15.1 Å². The Labute approximate surface area is 179 Å². The second kappa shape index (κ2) is 9.49. The van der Waals surface area contributed by atoms with Crippen LogP contribution in [0.1, 0.15) is 27.2 Å². The van der Waals surface area contributed by atoms with Gasteiger partial charge in [-0.15, -0.1) is 0 Å². The fraction of sp³-hybridized carbons (Fsp3) is 0.167. The van der Waals surface area contributed by atoms with Gasteiger partial charge in [-0.05, 0) is 67.6 Å². The van der Waals surface area contributed by atoms with Crippen molar-refractivity contribution in [2.24, 2.45) is 0 Å². The molecule has 0 fully saturated rings. The third-order valence-electron chi connectivity index (χ3n) is 4.80. The minimum Gasteiger partial charge on any atom is -0.497 e. The van der Waals surface area contributed by atoms with E-state index in [2.05, 4.69) is 17.0 Å². The van der Waals surface area contributed by atoms with Crippen LogP contribution in [0.15, 0.2) is 49.0 Å². The lowest BCUT2D eigenvalue weighted by Gasteiger charge is -2.08. The Morgan fingerprint density at radius 3 is 2.55 bits per heavy atom. The maximum atomic E-state index is 15.6. The summed E-state index contributed by atoms with van der Waals surface area (Å²) >= 11 is 0. The van der Waals surface area contributed by atoms with Gasteiger partial charge in [0.05, 0.1) is 19.2 Å². The molecule has 160 valence electrons. The Morgan fingerprint density at radius 2 is 1.97 bits per heavy atom. The topological polar surface area (TPSA) is 56.2 Å². The van der Waals surface area contributed by atoms with Crippen molar-refractivity contribution in [3.63, 3.8) is 0 Å². The maximum absolute atomic E-state index is 15.6. The van der Waals surface area contributed by atoms with Crippen molar-refractivity contribution in [3.05, 3.63) is 77.2 Å². The monoisotopic (exact) mass is 423 g/mol. The van der Waals surface area contributed by atoms with Crippen molar-refractivity contribution < 1.29 is 18.3 Å². The van der Waals surface area contributed by atoms with Crippen LogP contribution < -0.4 is 10.1 Å². The number of nitrogens with zero attached hydrogens (tertiary/aromatic N) is 2. The smallest absolute Gasteiger partial charge is 0.181 e. The zero-order valence-corrected chi connectivity index (χ0v) is 17.6. The summed E-state index contributed by atoms with van der Waals surface area (Å²) in [6, 6.07) is 10.8. The molecule has 7 heteroatoms. The number of carbonyl (C=O) groups excluding carboxylic acids is 1. The summed E-state index contributed by atoms with van der Waals surface area (Å²) < 4.78 is 35.4. The normalized spacial score (nSPS) is 11.5. The molecule has 0 saturated heterocycles. The molecular weight excluding hydrogens is 400 g/mol. The van der Waals surface area contributed by atoms with Gasteiger partial charge in [-0.1, -0.05) is 12.6 Å². The number of nitrogens with one attached hydrogen (secondary N) is 1. The van der Waals surface area contributed by atoms with E-state index in [9.17, 15) is 9.18 Å². The summed E-state index contributed by atoms with van der Waals surface area (Å²) in [4.78, 5) is 12.9. The molecular formula is C24H23F2N3O2. The van der Waals surface area contributed by atoms with Gasteiger partial charge < -0.3 is 10.1 Å². The lowest BCUT2D eigenvalue weighted by atomic mass is 10.00. The molecule has 0 amide bonds. The molecule has 1 N–H and O–H groups in total. The number of hydrogen-bond acceptors (Lipinski definition) is 4. The highest BCUT2D eigenvalue weighted by atomic mass is 19.1. The predicted octanol–water partition coefficient (Wildman–Crippen LogP) is 4.98. The second-order valence-electron chi connectivity index (χ2n) is 6.87. The minimum atomic E-state index is -0.645. The van der Waals surface area contributed by atoms with E-state index in [0.29, 0.717) is 16.9 Å². The molecule has 1 aromatic heterocycles. The average Bonchev–Trinajstić information content (AvgIpc) is 3.15. The number of halogens is 2. The van der Waals surface area contributed by atoms with Gasteiger partial charge in [0.25, 0.3) is 0 Å². The molecule has 0 radical (unpaired) electrons. The summed E-state index contributed by atoms with van der Waals surface area (Å²) in [6.45, 7) is 5.51. The molecule has 3 rings (SSSR count). The number of carbonyl (C=O) groups is 1. The van der Waals surface area contributed by atoms with E-state index in [1.165, 1.54) is 41.2 Å². The van der Waals surface area contributed by atoms with E-state index in [4.69, 9.17) is 4.74 Å².